The Hall–Kier alpha value is -2.44. The minimum atomic E-state index is -0.133. The lowest BCUT2D eigenvalue weighted by Crippen LogP contribution is -2.33. The van der Waals surface area contributed by atoms with Crippen LogP contribution in [0, 0.1) is 6.92 Å². The second kappa shape index (κ2) is 7.42. The van der Waals surface area contributed by atoms with E-state index >= 15 is 0 Å². The van der Waals surface area contributed by atoms with E-state index in [-0.39, 0.29) is 19.1 Å². The Balaban J connectivity index is 1.79. The average Bonchev–Trinajstić information content (AvgIpc) is 3.23. The van der Waals surface area contributed by atoms with Gasteiger partial charge in [0, 0.05) is 30.2 Å². The molecule has 2 N–H and O–H groups in total. The highest BCUT2D eigenvalue weighted by Gasteiger charge is 2.18. The number of hydrogen-bond acceptors (Lipinski definition) is 4. The first-order chi connectivity index (χ1) is 11.7. The van der Waals surface area contributed by atoms with Crippen LogP contribution >= 0.6 is 11.3 Å². The van der Waals surface area contributed by atoms with Gasteiger partial charge in [0.1, 0.15) is 5.69 Å². The number of carbonyl (C=O) groups excluding carboxylic acids is 1. The normalized spacial score (nSPS) is 10.8. The third-order valence-corrected chi connectivity index (χ3v) is 4.48. The van der Waals surface area contributed by atoms with Gasteiger partial charge in [0.2, 0.25) is 0 Å². The van der Waals surface area contributed by atoms with Crippen molar-refractivity contribution in [1.29, 1.82) is 0 Å². The number of rotatable bonds is 6. The fraction of sp³-hybridized carbons (Fsp3) is 0.222. The topological polar surface area (TPSA) is 69.2 Å². The summed E-state index contributed by atoms with van der Waals surface area (Å²) in [5.74, 6) is -0.133. The van der Waals surface area contributed by atoms with Crippen LogP contribution in [-0.4, -0.2) is 39.0 Å². The van der Waals surface area contributed by atoms with Crippen LogP contribution in [0.2, 0.25) is 0 Å². The lowest BCUT2D eigenvalue weighted by atomic mass is 10.2. The number of aromatic amines is 1. The van der Waals surface area contributed by atoms with E-state index in [1.807, 2.05) is 48.7 Å². The van der Waals surface area contributed by atoms with Crippen molar-refractivity contribution in [2.24, 2.45) is 0 Å². The van der Waals surface area contributed by atoms with Crippen LogP contribution in [0.5, 0.6) is 0 Å². The van der Waals surface area contributed by atoms with E-state index in [9.17, 15) is 9.90 Å². The average molecular weight is 341 g/mol. The van der Waals surface area contributed by atoms with E-state index < -0.39 is 0 Å². The standard InChI is InChI=1S/C18H19N3O2S/c1-13-20-17(12-24-13)15-9-16(19-10-15)18(23)21(7-8-22)11-14-5-3-2-4-6-14/h2-6,9-10,12,19,22H,7-8,11H2,1H3. The summed E-state index contributed by atoms with van der Waals surface area (Å²) in [6.07, 6.45) is 1.79. The fourth-order valence-corrected chi connectivity index (χ4v) is 3.13. The monoisotopic (exact) mass is 341 g/mol. The molecule has 124 valence electrons. The Labute approximate surface area is 144 Å². The molecule has 3 rings (SSSR count). The number of aryl methyl sites for hydroxylation is 1. The summed E-state index contributed by atoms with van der Waals surface area (Å²) >= 11 is 1.58. The second-order valence-corrected chi connectivity index (χ2v) is 6.55. The SMILES string of the molecule is Cc1nc(-c2c[nH]c(C(=O)N(CCO)Cc3ccccc3)c2)cs1. The molecule has 1 amide bonds. The number of aliphatic hydroxyl groups excluding tert-OH is 1. The molecule has 24 heavy (non-hydrogen) atoms. The molecule has 2 aromatic heterocycles. The molecule has 0 bridgehead atoms. The Kier molecular flexibility index (Phi) is 5.08. The summed E-state index contributed by atoms with van der Waals surface area (Å²) in [5, 5.41) is 12.2. The highest BCUT2D eigenvalue weighted by atomic mass is 32.1. The number of hydrogen-bond donors (Lipinski definition) is 2. The summed E-state index contributed by atoms with van der Waals surface area (Å²) in [4.78, 5) is 21.9. The van der Waals surface area contributed by atoms with E-state index in [1.165, 1.54) is 0 Å². The first kappa shape index (κ1) is 16.4. The minimum absolute atomic E-state index is 0.0720. The summed E-state index contributed by atoms with van der Waals surface area (Å²) in [6, 6.07) is 11.6. The van der Waals surface area contributed by atoms with Gasteiger partial charge < -0.3 is 15.0 Å². The van der Waals surface area contributed by atoms with Crippen molar-refractivity contribution in [1.82, 2.24) is 14.9 Å². The molecule has 0 aliphatic heterocycles. The van der Waals surface area contributed by atoms with Crippen molar-refractivity contribution in [3.05, 3.63) is 64.2 Å². The quantitative estimate of drug-likeness (QED) is 0.724. The summed E-state index contributed by atoms with van der Waals surface area (Å²) < 4.78 is 0. The Morgan fingerprint density at radius 3 is 2.79 bits per heavy atom. The Morgan fingerprint density at radius 2 is 2.12 bits per heavy atom. The molecule has 3 aromatic rings. The number of H-pyrrole nitrogens is 1. The van der Waals surface area contributed by atoms with Crippen molar-refractivity contribution < 1.29 is 9.90 Å². The molecule has 1 aromatic carbocycles. The van der Waals surface area contributed by atoms with Crippen molar-refractivity contribution in [3.8, 4) is 11.3 Å². The minimum Gasteiger partial charge on any atom is -0.395 e. The van der Waals surface area contributed by atoms with Crippen LogP contribution in [-0.2, 0) is 6.54 Å². The number of carbonyl (C=O) groups is 1. The molecular formula is C18H19N3O2S. The van der Waals surface area contributed by atoms with Gasteiger partial charge in [-0.2, -0.15) is 0 Å². The fourth-order valence-electron chi connectivity index (χ4n) is 2.51. The predicted octanol–water partition coefficient (Wildman–Crippen LogP) is 3.08. The van der Waals surface area contributed by atoms with Gasteiger partial charge in [-0.3, -0.25) is 4.79 Å². The van der Waals surface area contributed by atoms with Gasteiger partial charge in [-0.1, -0.05) is 30.3 Å². The van der Waals surface area contributed by atoms with Gasteiger partial charge in [0.25, 0.3) is 5.91 Å². The molecule has 0 atom stereocenters. The van der Waals surface area contributed by atoms with Crippen LogP contribution in [0.3, 0.4) is 0 Å². The van der Waals surface area contributed by atoms with Gasteiger partial charge in [0.15, 0.2) is 0 Å². The first-order valence-electron chi connectivity index (χ1n) is 7.72. The number of aromatic nitrogens is 2. The van der Waals surface area contributed by atoms with E-state index in [4.69, 9.17) is 0 Å². The van der Waals surface area contributed by atoms with Gasteiger partial charge in [-0.05, 0) is 18.6 Å². The van der Waals surface area contributed by atoms with Gasteiger partial charge in [-0.25, -0.2) is 4.98 Å². The maximum absolute atomic E-state index is 12.8. The zero-order valence-electron chi connectivity index (χ0n) is 13.4. The third-order valence-electron chi connectivity index (χ3n) is 3.70. The molecule has 0 radical (unpaired) electrons. The number of nitrogens with zero attached hydrogens (tertiary/aromatic N) is 2. The summed E-state index contributed by atoms with van der Waals surface area (Å²) in [6.45, 7) is 2.63. The van der Waals surface area contributed by atoms with E-state index in [0.29, 0.717) is 12.2 Å². The number of benzene rings is 1. The lowest BCUT2D eigenvalue weighted by molar-refractivity contribution is 0.0702. The zero-order valence-corrected chi connectivity index (χ0v) is 14.2. The van der Waals surface area contributed by atoms with Crippen LogP contribution in [0.15, 0.2) is 48.0 Å². The summed E-state index contributed by atoms with van der Waals surface area (Å²) in [5.41, 5.74) is 3.29. The Morgan fingerprint density at radius 1 is 1.33 bits per heavy atom. The van der Waals surface area contributed by atoms with Crippen LogP contribution < -0.4 is 0 Å². The van der Waals surface area contributed by atoms with Gasteiger partial charge in [-0.15, -0.1) is 11.3 Å². The maximum atomic E-state index is 12.8. The van der Waals surface area contributed by atoms with E-state index in [0.717, 1.165) is 21.8 Å². The van der Waals surface area contributed by atoms with Crippen molar-refractivity contribution >= 4 is 17.2 Å². The lowest BCUT2D eigenvalue weighted by Gasteiger charge is -2.21. The maximum Gasteiger partial charge on any atom is 0.270 e. The van der Waals surface area contributed by atoms with Gasteiger partial charge >= 0.3 is 0 Å². The number of aliphatic hydroxyl groups is 1. The molecule has 6 heteroatoms. The van der Waals surface area contributed by atoms with Crippen LogP contribution in [0.25, 0.3) is 11.3 Å². The number of nitrogens with one attached hydrogen (secondary N) is 1. The molecule has 0 spiro atoms. The smallest absolute Gasteiger partial charge is 0.270 e. The van der Waals surface area contributed by atoms with Gasteiger partial charge in [0.05, 0.1) is 17.3 Å². The first-order valence-corrected chi connectivity index (χ1v) is 8.60. The highest BCUT2D eigenvalue weighted by Crippen LogP contribution is 2.23. The molecule has 0 saturated heterocycles. The van der Waals surface area contributed by atoms with Crippen LogP contribution in [0.1, 0.15) is 21.1 Å². The second-order valence-electron chi connectivity index (χ2n) is 5.49. The van der Waals surface area contributed by atoms with E-state index in [2.05, 4.69) is 9.97 Å². The molecule has 0 fully saturated rings. The van der Waals surface area contributed by atoms with Crippen molar-refractivity contribution in [2.45, 2.75) is 13.5 Å². The molecule has 5 nitrogen and oxygen atoms in total. The molecular weight excluding hydrogens is 322 g/mol. The highest BCUT2D eigenvalue weighted by molar-refractivity contribution is 7.09. The summed E-state index contributed by atoms with van der Waals surface area (Å²) in [7, 11) is 0. The molecule has 2 heterocycles. The van der Waals surface area contributed by atoms with Crippen LogP contribution in [0.4, 0.5) is 0 Å². The Bertz CT molecular complexity index is 811. The molecule has 0 saturated carbocycles. The van der Waals surface area contributed by atoms with E-state index in [1.54, 1.807) is 22.4 Å². The zero-order chi connectivity index (χ0) is 16.9. The third kappa shape index (κ3) is 3.72. The molecule has 0 aliphatic rings. The number of thiazole rings is 1. The predicted molar refractivity (Wildman–Crippen MR) is 94.9 cm³/mol. The van der Waals surface area contributed by atoms with Crippen molar-refractivity contribution in [3.63, 3.8) is 0 Å². The van der Waals surface area contributed by atoms with Crippen molar-refractivity contribution in [2.75, 3.05) is 13.2 Å². The largest absolute Gasteiger partial charge is 0.395 e. The molecule has 0 aliphatic carbocycles. The molecule has 0 unspecified atom stereocenters. The number of amides is 1.